The average Bonchev–Trinajstić information content (AvgIpc) is 4.03. The zero-order chi connectivity index (χ0) is 45.3. The molecule has 0 radical (unpaired) electrons. The van der Waals surface area contributed by atoms with Crippen LogP contribution >= 0.6 is 0 Å². The third kappa shape index (κ3) is 6.35. The lowest BCUT2D eigenvalue weighted by Crippen LogP contribution is -2.17. The van der Waals surface area contributed by atoms with Gasteiger partial charge >= 0.3 is 0 Å². The number of hydrogen-bond donors (Lipinski definition) is 0. The third-order valence-electron chi connectivity index (χ3n) is 14.2. The quantitative estimate of drug-likeness (QED) is 0.148. The zero-order valence-electron chi connectivity index (χ0n) is 38.0. The van der Waals surface area contributed by atoms with E-state index >= 15 is 0 Å². The minimum atomic E-state index is -0.133. The van der Waals surface area contributed by atoms with Crippen LogP contribution in [0.1, 0.15) is 25.0 Å². The maximum Gasteiger partial charge on any atom is 0.0541 e. The summed E-state index contributed by atoms with van der Waals surface area (Å²) in [5.74, 6) is 0. The summed E-state index contributed by atoms with van der Waals surface area (Å²) in [4.78, 5) is 2.38. The Morgan fingerprint density at radius 3 is 1.74 bits per heavy atom. The van der Waals surface area contributed by atoms with Gasteiger partial charge in [-0.2, -0.15) is 0 Å². The van der Waals surface area contributed by atoms with Crippen molar-refractivity contribution in [2.45, 2.75) is 19.3 Å². The Kier molecular flexibility index (Phi) is 9.19. The average molecular weight is 870 g/mol. The lowest BCUT2D eigenvalue weighted by Gasteiger charge is -2.26. The fourth-order valence-corrected chi connectivity index (χ4v) is 11.2. The van der Waals surface area contributed by atoms with Crippen molar-refractivity contribution in [2.24, 2.45) is 0 Å². The maximum absolute atomic E-state index is 2.50. The number of rotatable bonds is 8. The first-order valence-electron chi connectivity index (χ1n) is 23.6. The molecule has 0 bridgehead atoms. The van der Waals surface area contributed by atoms with Crippen LogP contribution in [-0.4, -0.2) is 9.13 Å². The molecule has 0 fully saturated rings. The molecule has 0 aliphatic heterocycles. The van der Waals surface area contributed by atoms with Crippen molar-refractivity contribution in [1.82, 2.24) is 9.13 Å². The van der Waals surface area contributed by atoms with Crippen LogP contribution in [0.3, 0.4) is 0 Å². The van der Waals surface area contributed by atoms with E-state index in [0.717, 1.165) is 34.0 Å². The topological polar surface area (TPSA) is 13.1 Å². The highest BCUT2D eigenvalue weighted by atomic mass is 15.1. The zero-order valence-corrected chi connectivity index (χ0v) is 38.0. The van der Waals surface area contributed by atoms with Gasteiger partial charge in [-0.1, -0.05) is 172 Å². The van der Waals surface area contributed by atoms with Crippen LogP contribution in [0.2, 0.25) is 0 Å². The lowest BCUT2D eigenvalue weighted by molar-refractivity contribution is 0.656. The summed E-state index contributed by atoms with van der Waals surface area (Å²) < 4.78 is 4.87. The van der Waals surface area contributed by atoms with E-state index in [4.69, 9.17) is 0 Å². The van der Waals surface area contributed by atoms with Crippen LogP contribution in [0.4, 0.5) is 17.1 Å². The minimum Gasteiger partial charge on any atom is -0.310 e. The molecule has 0 atom stereocenters. The Labute approximate surface area is 397 Å². The SMILES string of the molecule is CC1(C)c2ccccc2-c2cccc(-n3c4ccccc4c4cc(-c5cccc(-c6cccc(N(c7ccccc7)c7ccc8c(c7)cc(-c7ccccc7)n8-c7ccccc7)c6)c5)ccc43)c21. The van der Waals surface area contributed by atoms with Crippen molar-refractivity contribution in [3.8, 4) is 56.0 Å². The smallest absolute Gasteiger partial charge is 0.0541 e. The summed E-state index contributed by atoms with van der Waals surface area (Å²) >= 11 is 0. The fraction of sp³-hybridized carbons (Fsp3) is 0.0462. The Morgan fingerprint density at radius 1 is 0.353 bits per heavy atom. The molecule has 3 nitrogen and oxygen atoms in total. The predicted molar refractivity (Wildman–Crippen MR) is 286 cm³/mol. The number of benzene rings is 10. The standard InChI is InChI=1S/C65H47N3/c1-65(2)58-32-14-12-29-54(58)56-31-18-34-62(64(56)65)68-60-33-15-13-30-55(60)57-42-48(35-37-61(57)68)46-22-16-21-45(39-46)47-23-17-28-52(40-47)66(50-24-8-4-9-25-50)53-36-38-59-49(41-53)43-63(44-19-6-3-7-20-44)67(59)51-26-10-5-11-27-51/h3-43H,1-2H3. The normalized spacial score (nSPS) is 12.7. The molecule has 0 N–H and O–H groups in total. The third-order valence-corrected chi connectivity index (χ3v) is 14.2. The molecule has 0 unspecified atom stereocenters. The van der Waals surface area contributed by atoms with Crippen LogP contribution in [0.15, 0.2) is 249 Å². The van der Waals surface area contributed by atoms with Crippen LogP contribution in [0.25, 0.3) is 88.7 Å². The van der Waals surface area contributed by atoms with Crippen LogP contribution in [0, 0.1) is 0 Å². The molecule has 13 rings (SSSR count). The van der Waals surface area contributed by atoms with Crippen molar-refractivity contribution in [3.63, 3.8) is 0 Å². The fourth-order valence-electron chi connectivity index (χ4n) is 11.2. The summed E-state index contributed by atoms with van der Waals surface area (Å²) in [6.07, 6.45) is 0. The second-order valence-electron chi connectivity index (χ2n) is 18.6. The number of anilines is 3. The van der Waals surface area contributed by atoms with Crippen molar-refractivity contribution in [3.05, 3.63) is 260 Å². The van der Waals surface area contributed by atoms with E-state index in [-0.39, 0.29) is 5.41 Å². The number of para-hydroxylation sites is 3. The van der Waals surface area contributed by atoms with Crippen molar-refractivity contribution in [1.29, 1.82) is 0 Å². The van der Waals surface area contributed by atoms with E-state index in [9.17, 15) is 0 Å². The van der Waals surface area contributed by atoms with E-state index in [2.05, 4.69) is 277 Å². The van der Waals surface area contributed by atoms with E-state index < -0.39 is 0 Å². The van der Waals surface area contributed by atoms with Gasteiger partial charge < -0.3 is 14.0 Å². The summed E-state index contributed by atoms with van der Waals surface area (Å²) in [5, 5.41) is 3.69. The number of nitrogens with zero attached hydrogens (tertiary/aromatic N) is 3. The molecular formula is C65H47N3. The second-order valence-corrected chi connectivity index (χ2v) is 18.6. The summed E-state index contributed by atoms with van der Waals surface area (Å²) in [6, 6.07) is 90.9. The van der Waals surface area contributed by atoms with E-state index in [1.165, 1.54) is 82.9 Å². The van der Waals surface area contributed by atoms with Gasteiger partial charge in [0, 0.05) is 44.3 Å². The molecule has 2 aromatic heterocycles. The van der Waals surface area contributed by atoms with Crippen LogP contribution in [-0.2, 0) is 5.41 Å². The Bertz CT molecular complexity index is 3880. The Hall–Kier alpha value is -8.66. The molecule has 1 aliphatic rings. The summed E-state index contributed by atoms with van der Waals surface area (Å²) in [5.41, 5.74) is 21.6. The summed E-state index contributed by atoms with van der Waals surface area (Å²) in [7, 11) is 0. The first-order chi connectivity index (χ1) is 33.5. The molecule has 0 amide bonds. The van der Waals surface area contributed by atoms with E-state index in [1.807, 2.05) is 0 Å². The Morgan fingerprint density at radius 2 is 0.926 bits per heavy atom. The van der Waals surface area contributed by atoms with Gasteiger partial charge in [-0.05, 0) is 141 Å². The van der Waals surface area contributed by atoms with Gasteiger partial charge in [0.05, 0.1) is 27.9 Å². The van der Waals surface area contributed by atoms with Gasteiger partial charge in [-0.3, -0.25) is 0 Å². The lowest BCUT2D eigenvalue weighted by atomic mass is 9.81. The highest BCUT2D eigenvalue weighted by molar-refractivity contribution is 6.11. The molecule has 0 spiro atoms. The van der Waals surface area contributed by atoms with Crippen LogP contribution < -0.4 is 4.90 Å². The molecule has 2 heterocycles. The number of fused-ring (bicyclic) bond motifs is 7. The van der Waals surface area contributed by atoms with Crippen molar-refractivity contribution >= 4 is 49.8 Å². The minimum absolute atomic E-state index is 0.133. The van der Waals surface area contributed by atoms with E-state index in [1.54, 1.807) is 0 Å². The van der Waals surface area contributed by atoms with Gasteiger partial charge in [0.2, 0.25) is 0 Å². The van der Waals surface area contributed by atoms with Gasteiger partial charge in [-0.25, -0.2) is 0 Å². The molecule has 0 saturated carbocycles. The molecular weight excluding hydrogens is 823 g/mol. The number of aromatic nitrogens is 2. The van der Waals surface area contributed by atoms with Crippen molar-refractivity contribution in [2.75, 3.05) is 4.90 Å². The van der Waals surface area contributed by atoms with E-state index in [0.29, 0.717) is 0 Å². The molecule has 10 aromatic carbocycles. The van der Waals surface area contributed by atoms with Gasteiger partial charge in [0.25, 0.3) is 0 Å². The highest BCUT2D eigenvalue weighted by Crippen LogP contribution is 2.52. The Balaban J connectivity index is 0.895. The second kappa shape index (κ2) is 15.8. The first-order valence-corrected chi connectivity index (χ1v) is 23.6. The summed E-state index contributed by atoms with van der Waals surface area (Å²) in [6.45, 7) is 4.75. The number of hydrogen-bond acceptors (Lipinski definition) is 1. The van der Waals surface area contributed by atoms with Gasteiger partial charge in [0.15, 0.2) is 0 Å². The molecule has 12 aromatic rings. The molecule has 322 valence electrons. The molecule has 1 aliphatic carbocycles. The highest BCUT2D eigenvalue weighted by Gasteiger charge is 2.38. The van der Waals surface area contributed by atoms with Gasteiger partial charge in [-0.15, -0.1) is 0 Å². The van der Waals surface area contributed by atoms with Crippen LogP contribution in [0.5, 0.6) is 0 Å². The monoisotopic (exact) mass is 869 g/mol. The maximum atomic E-state index is 2.50. The molecule has 3 heteroatoms. The first kappa shape index (κ1) is 39.7. The van der Waals surface area contributed by atoms with Gasteiger partial charge in [0.1, 0.15) is 0 Å². The molecule has 68 heavy (non-hydrogen) atoms. The predicted octanol–water partition coefficient (Wildman–Crippen LogP) is 17.5. The largest absolute Gasteiger partial charge is 0.310 e. The van der Waals surface area contributed by atoms with Crippen molar-refractivity contribution < 1.29 is 0 Å². The molecule has 0 saturated heterocycles.